The summed E-state index contributed by atoms with van der Waals surface area (Å²) in [5, 5.41) is 8.56. The highest BCUT2D eigenvalue weighted by Gasteiger charge is 2.29. The van der Waals surface area contributed by atoms with Crippen molar-refractivity contribution in [3.63, 3.8) is 0 Å². The van der Waals surface area contributed by atoms with Crippen LogP contribution in [0.1, 0.15) is 17.9 Å². The van der Waals surface area contributed by atoms with Crippen molar-refractivity contribution in [2.75, 3.05) is 11.5 Å². The van der Waals surface area contributed by atoms with Gasteiger partial charge in [0.05, 0.1) is 11.5 Å². The molecule has 2 heterocycles. The van der Waals surface area contributed by atoms with E-state index in [0.29, 0.717) is 24.0 Å². The number of halogens is 1. The first-order valence-corrected chi connectivity index (χ1v) is 10.5. The molecule has 5 nitrogen and oxygen atoms in total. The molecule has 0 spiro atoms. The third kappa shape index (κ3) is 4.11. The van der Waals surface area contributed by atoms with E-state index in [4.69, 9.17) is 4.42 Å². The molecule has 1 aliphatic heterocycles. The fourth-order valence-electron chi connectivity index (χ4n) is 2.41. The molecule has 0 bridgehead atoms. The number of sulfone groups is 1. The van der Waals surface area contributed by atoms with Crippen LogP contribution < -0.4 is 0 Å². The first-order valence-electron chi connectivity index (χ1n) is 6.91. The zero-order chi connectivity index (χ0) is 15.6. The van der Waals surface area contributed by atoms with Crippen LogP contribution in [0.2, 0.25) is 0 Å². The minimum atomic E-state index is -2.86. The molecule has 1 atom stereocenters. The van der Waals surface area contributed by atoms with Crippen molar-refractivity contribution < 1.29 is 12.8 Å². The summed E-state index contributed by atoms with van der Waals surface area (Å²) < 4.78 is 29.6. The van der Waals surface area contributed by atoms with Crippen molar-refractivity contribution in [1.29, 1.82) is 0 Å². The van der Waals surface area contributed by atoms with Gasteiger partial charge in [-0.25, -0.2) is 8.42 Å². The van der Waals surface area contributed by atoms with Gasteiger partial charge in [-0.15, -0.1) is 10.2 Å². The second kappa shape index (κ2) is 6.72. The molecule has 1 aromatic heterocycles. The van der Waals surface area contributed by atoms with E-state index < -0.39 is 9.84 Å². The lowest BCUT2D eigenvalue weighted by Crippen LogP contribution is -2.07. The number of hydrogen-bond donors (Lipinski definition) is 0. The fraction of sp³-hybridized carbons (Fsp3) is 0.429. The maximum absolute atomic E-state index is 11.5. The summed E-state index contributed by atoms with van der Waals surface area (Å²) in [5.41, 5.74) is 1.16. The largest absolute Gasteiger partial charge is 0.416 e. The molecule has 118 valence electrons. The Kier molecular flexibility index (Phi) is 4.89. The zero-order valence-corrected chi connectivity index (χ0v) is 15.0. The molecule has 0 radical (unpaired) electrons. The van der Waals surface area contributed by atoms with E-state index >= 15 is 0 Å². The predicted octanol–water partition coefficient (Wildman–Crippen LogP) is 3.10. The minimum Gasteiger partial charge on any atom is -0.416 e. The summed E-state index contributed by atoms with van der Waals surface area (Å²) in [7, 11) is -2.86. The molecule has 0 saturated carbocycles. The van der Waals surface area contributed by atoms with Crippen molar-refractivity contribution in [2.24, 2.45) is 5.92 Å². The van der Waals surface area contributed by atoms with Gasteiger partial charge in [0.2, 0.25) is 5.89 Å². The summed E-state index contributed by atoms with van der Waals surface area (Å²) in [6.07, 6.45) is 1.23. The fourth-order valence-corrected chi connectivity index (χ4v) is 5.67. The Hall–Kier alpha value is -0.860. The molecular weight excluding hydrogens is 388 g/mol. The van der Waals surface area contributed by atoms with Crippen molar-refractivity contribution >= 4 is 37.5 Å². The van der Waals surface area contributed by atoms with Crippen LogP contribution in [0.5, 0.6) is 0 Å². The van der Waals surface area contributed by atoms with Crippen molar-refractivity contribution in [3.8, 4) is 0 Å². The average molecular weight is 403 g/mol. The van der Waals surface area contributed by atoms with Gasteiger partial charge in [-0.1, -0.05) is 45.9 Å². The molecule has 1 saturated heterocycles. The Bertz CT molecular complexity index is 761. The van der Waals surface area contributed by atoms with Crippen LogP contribution in [0.4, 0.5) is 0 Å². The van der Waals surface area contributed by atoms with Crippen molar-refractivity contribution in [1.82, 2.24) is 10.2 Å². The van der Waals surface area contributed by atoms with Crippen LogP contribution in [0.15, 0.2) is 38.4 Å². The first-order chi connectivity index (χ1) is 10.5. The summed E-state index contributed by atoms with van der Waals surface area (Å²) in [6.45, 7) is 0. The standard InChI is InChI=1S/C14H15BrN2O3S2/c15-12-4-2-1-3-11(12)8-21-14-17-16-13(20-14)7-10-5-6-22(18,19)9-10/h1-4,10H,5-9H2/t10-/m1/s1. The Balaban J connectivity index is 1.57. The van der Waals surface area contributed by atoms with Crippen LogP contribution in [-0.4, -0.2) is 30.1 Å². The molecule has 2 aromatic rings. The molecule has 0 N–H and O–H groups in total. The molecule has 1 aliphatic rings. The van der Waals surface area contributed by atoms with Crippen molar-refractivity contribution in [3.05, 3.63) is 40.2 Å². The van der Waals surface area contributed by atoms with Crippen LogP contribution in [0.25, 0.3) is 0 Å². The second-order valence-corrected chi connectivity index (χ2v) is 9.32. The summed E-state index contributed by atoms with van der Waals surface area (Å²) in [6, 6.07) is 7.99. The predicted molar refractivity (Wildman–Crippen MR) is 88.5 cm³/mol. The molecule has 0 amide bonds. The smallest absolute Gasteiger partial charge is 0.276 e. The lowest BCUT2D eigenvalue weighted by Gasteiger charge is -2.02. The van der Waals surface area contributed by atoms with Gasteiger partial charge < -0.3 is 4.42 Å². The molecule has 0 unspecified atom stereocenters. The highest BCUT2D eigenvalue weighted by molar-refractivity contribution is 9.10. The topological polar surface area (TPSA) is 73.1 Å². The highest BCUT2D eigenvalue weighted by Crippen LogP contribution is 2.27. The maximum Gasteiger partial charge on any atom is 0.276 e. The summed E-state index contributed by atoms with van der Waals surface area (Å²) >= 11 is 4.98. The molecule has 3 rings (SSSR count). The Morgan fingerprint density at radius 3 is 2.86 bits per heavy atom. The third-order valence-corrected chi connectivity index (χ3v) is 7.03. The van der Waals surface area contributed by atoms with E-state index in [-0.39, 0.29) is 17.4 Å². The van der Waals surface area contributed by atoms with Crippen LogP contribution in [0, 0.1) is 5.92 Å². The second-order valence-electron chi connectivity index (χ2n) is 5.31. The van der Waals surface area contributed by atoms with E-state index in [2.05, 4.69) is 26.1 Å². The van der Waals surface area contributed by atoms with E-state index in [9.17, 15) is 8.42 Å². The number of aromatic nitrogens is 2. The van der Waals surface area contributed by atoms with Crippen LogP contribution in [0.3, 0.4) is 0 Å². The summed E-state index contributed by atoms with van der Waals surface area (Å²) in [4.78, 5) is 0. The molecule has 1 fully saturated rings. The van der Waals surface area contributed by atoms with Gasteiger partial charge in [-0.3, -0.25) is 0 Å². The quantitative estimate of drug-likeness (QED) is 0.715. The van der Waals surface area contributed by atoms with Crippen LogP contribution in [-0.2, 0) is 22.0 Å². The van der Waals surface area contributed by atoms with Gasteiger partial charge in [-0.2, -0.15) is 0 Å². The third-order valence-electron chi connectivity index (χ3n) is 3.55. The number of benzene rings is 1. The van der Waals surface area contributed by atoms with Gasteiger partial charge in [0.15, 0.2) is 9.84 Å². The van der Waals surface area contributed by atoms with E-state index in [0.717, 1.165) is 15.8 Å². The number of thioether (sulfide) groups is 1. The normalized spacial score (nSPS) is 20.3. The van der Waals surface area contributed by atoms with Gasteiger partial charge in [0.1, 0.15) is 0 Å². The Labute approximate surface area is 141 Å². The summed E-state index contributed by atoms with van der Waals surface area (Å²) in [5.74, 6) is 1.87. The van der Waals surface area contributed by atoms with Crippen molar-refractivity contribution in [2.45, 2.75) is 23.8 Å². The zero-order valence-electron chi connectivity index (χ0n) is 11.7. The molecular formula is C14H15BrN2O3S2. The van der Waals surface area contributed by atoms with Gasteiger partial charge >= 0.3 is 0 Å². The van der Waals surface area contributed by atoms with E-state index in [1.54, 1.807) is 0 Å². The van der Waals surface area contributed by atoms with Gasteiger partial charge in [0.25, 0.3) is 5.22 Å². The Morgan fingerprint density at radius 1 is 1.32 bits per heavy atom. The average Bonchev–Trinajstić information content (AvgIpc) is 3.05. The van der Waals surface area contributed by atoms with Gasteiger partial charge in [-0.05, 0) is 24.0 Å². The molecule has 8 heteroatoms. The minimum absolute atomic E-state index is 0.103. The molecule has 22 heavy (non-hydrogen) atoms. The monoisotopic (exact) mass is 402 g/mol. The van der Waals surface area contributed by atoms with E-state index in [1.807, 2.05) is 24.3 Å². The lowest BCUT2D eigenvalue weighted by molar-refractivity contribution is 0.389. The molecule has 0 aliphatic carbocycles. The SMILES string of the molecule is O=S1(=O)CC[C@H](Cc2nnc(SCc3ccccc3Br)o2)C1. The Morgan fingerprint density at radius 2 is 2.14 bits per heavy atom. The number of rotatable bonds is 5. The highest BCUT2D eigenvalue weighted by atomic mass is 79.9. The first kappa shape index (κ1) is 16.0. The van der Waals surface area contributed by atoms with Crippen LogP contribution >= 0.6 is 27.7 Å². The van der Waals surface area contributed by atoms with Gasteiger partial charge in [0, 0.05) is 16.6 Å². The number of nitrogens with zero attached hydrogens (tertiary/aromatic N) is 2. The lowest BCUT2D eigenvalue weighted by atomic mass is 10.1. The molecule has 1 aromatic carbocycles. The number of hydrogen-bond acceptors (Lipinski definition) is 6. The van der Waals surface area contributed by atoms with E-state index in [1.165, 1.54) is 11.8 Å². The maximum atomic E-state index is 11.5.